The van der Waals surface area contributed by atoms with Gasteiger partial charge in [0, 0.05) is 0 Å². The molecule has 1 unspecified atom stereocenters. The zero-order valence-electron chi connectivity index (χ0n) is 15.5. The Kier molecular flexibility index (Phi) is 5.57. The molecule has 0 fully saturated rings. The maximum atomic E-state index is 12.5. The zero-order valence-corrected chi connectivity index (χ0v) is 16.4. The zero-order chi connectivity index (χ0) is 19.3. The van der Waals surface area contributed by atoms with Crippen molar-refractivity contribution in [3.63, 3.8) is 0 Å². The summed E-state index contributed by atoms with van der Waals surface area (Å²) in [4.78, 5) is 12.5. The Bertz CT molecular complexity index is 957. The Morgan fingerprint density at radius 3 is 2.89 bits per heavy atom. The molecule has 0 spiro atoms. The number of amides is 1. The monoisotopic (exact) mass is 395 g/mol. The molecule has 1 N–H and O–H groups in total. The Hall–Kier alpha value is -2.87. The molecule has 144 valence electrons. The van der Waals surface area contributed by atoms with Crippen molar-refractivity contribution in [2.75, 3.05) is 12.9 Å². The van der Waals surface area contributed by atoms with Gasteiger partial charge in [0.2, 0.25) is 11.1 Å². The van der Waals surface area contributed by atoms with Gasteiger partial charge in [-0.2, -0.15) is 4.68 Å². The molecule has 1 amide bonds. The molecular formula is C20H21N5O2S. The van der Waals surface area contributed by atoms with E-state index in [9.17, 15) is 4.79 Å². The highest BCUT2D eigenvalue weighted by Crippen LogP contribution is 2.29. The van der Waals surface area contributed by atoms with Gasteiger partial charge in [-0.15, -0.1) is 5.10 Å². The largest absolute Gasteiger partial charge is 0.497 e. The second kappa shape index (κ2) is 8.43. The summed E-state index contributed by atoms with van der Waals surface area (Å²) in [7, 11) is 1.62. The van der Waals surface area contributed by atoms with Gasteiger partial charge in [-0.25, -0.2) is 0 Å². The van der Waals surface area contributed by atoms with Crippen molar-refractivity contribution in [3.8, 4) is 11.4 Å². The number of aryl methyl sites for hydroxylation is 1. The number of benzene rings is 2. The van der Waals surface area contributed by atoms with Gasteiger partial charge in [-0.05, 0) is 65.1 Å². The lowest BCUT2D eigenvalue weighted by Gasteiger charge is -2.26. The van der Waals surface area contributed by atoms with Crippen molar-refractivity contribution in [2.45, 2.75) is 30.5 Å². The number of carbonyl (C=O) groups is 1. The number of ether oxygens (including phenoxy) is 1. The molecule has 0 bridgehead atoms. The first-order valence-electron chi connectivity index (χ1n) is 9.17. The van der Waals surface area contributed by atoms with Crippen LogP contribution in [0.1, 0.15) is 30.0 Å². The fraction of sp³-hybridized carbons (Fsp3) is 0.300. The maximum absolute atomic E-state index is 12.5. The van der Waals surface area contributed by atoms with Crippen LogP contribution in [0, 0.1) is 0 Å². The number of rotatable bonds is 6. The standard InChI is InChI=1S/C20H21N5O2S/c1-27-16-11-9-15(10-12-16)25-20(22-23-24-25)28-13-19(26)21-18-8-4-6-14-5-2-3-7-17(14)18/h2-3,5,7,9-12,18H,4,6,8,13H2,1H3,(H,21,26). The number of methoxy groups -OCH3 is 1. The van der Waals surface area contributed by atoms with E-state index in [2.05, 4.69) is 39.0 Å². The third-order valence-electron chi connectivity index (χ3n) is 4.79. The molecule has 28 heavy (non-hydrogen) atoms. The summed E-state index contributed by atoms with van der Waals surface area (Å²) in [5.74, 6) is 1.00. The fourth-order valence-electron chi connectivity index (χ4n) is 3.42. The Morgan fingerprint density at radius 2 is 2.07 bits per heavy atom. The Labute approximate surface area is 167 Å². The number of nitrogens with zero attached hydrogens (tertiary/aromatic N) is 4. The maximum Gasteiger partial charge on any atom is 0.230 e. The highest BCUT2D eigenvalue weighted by molar-refractivity contribution is 7.99. The molecule has 1 aliphatic rings. The quantitative estimate of drug-likeness (QED) is 0.646. The number of thioether (sulfide) groups is 1. The van der Waals surface area contributed by atoms with Gasteiger partial charge >= 0.3 is 0 Å². The number of fused-ring (bicyclic) bond motifs is 1. The fourth-order valence-corrected chi connectivity index (χ4v) is 4.13. The first-order valence-corrected chi connectivity index (χ1v) is 10.2. The smallest absolute Gasteiger partial charge is 0.230 e. The molecule has 0 aliphatic heterocycles. The number of aromatic nitrogens is 4. The van der Waals surface area contributed by atoms with E-state index in [1.54, 1.807) is 11.8 Å². The summed E-state index contributed by atoms with van der Waals surface area (Å²) in [6.45, 7) is 0. The molecular weight excluding hydrogens is 374 g/mol. The van der Waals surface area contributed by atoms with Crippen LogP contribution in [0.4, 0.5) is 0 Å². The van der Waals surface area contributed by atoms with Crippen molar-refractivity contribution in [3.05, 3.63) is 59.7 Å². The molecule has 0 saturated carbocycles. The van der Waals surface area contributed by atoms with Crippen molar-refractivity contribution in [1.29, 1.82) is 0 Å². The lowest BCUT2D eigenvalue weighted by atomic mass is 9.88. The summed E-state index contributed by atoms with van der Waals surface area (Å²) in [5, 5.41) is 15.5. The first-order chi connectivity index (χ1) is 13.7. The SMILES string of the molecule is COc1ccc(-n2nnnc2SCC(=O)NC2CCCc3ccccc32)cc1. The van der Waals surface area contributed by atoms with Crippen LogP contribution in [0.15, 0.2) is 53.7 Å². The predicted molar refractivity (Wildman–Crippen MR) is 107 cm³/mol. The highest BCUT2D eigenvalue weighted by atomic mass is 32.2. The van der Waals surface area contributed by atoms with Gasteiger partial charge in [0.1, 0.15) is 5.75 Å². The van der Waals surface area contributed by atoms with Crippen LogP contribution in [0.25, 0.3) is 5.69 Å². The van der Waals surface area contributed by atoms with E-state index >= 15 is 0 Å². The van der Waals surface area contributed by atoms with Crippen molar-refractivity contribution in [1.82, 2.24) is 25.5 Å². The van der Waals surface area contributed by atoms with Gasteiger partial charge in [0.05, 0.1) is 24.6 Å². The minimum atomic E-state index is -0.0176. The van der Waals surface area contributed by atoms with Crippen LogP contribution < -0.4 is 10.1 Å². The molecule has 2 aromatic carbocycles. The van der Waals surface area contributed by atoms with Crippen LogP contribution in [-0.2, 0) is 11.2 Å². The van der Waals surface area contributed by atoms with E-state index in [-0.39, 0.29) is 17.7 Å². The number of carbonyl (C=O) groups excluding carboxylic acids is 1. The van der Waals surface area contributed by atoms with E-state index in [0.717, 1.165) is 30.7 Å². The molecule has 4 rings (SSSR count). The van der Waals surface area contributed by atoms with E-state index in [1.807, 2.05) is 30.3 Å². The van der Waals surface area contributed by atoms with Gasteiger partial charge in [-0.1, -0.05) is 36.0 Å². The van der Waals surface area contributed by atoms with E-state index in [1.165, 1.54) is 22.9 Å². The normalized spacial score (nSPS) is 15.7. The average Bonchev–Trinajstić information content (AvgIpc) is 3.21. The summed E-state index contributed by atoms with van der Waals surface area (Å²) in [5.41, 5.74) is 3.38. The molecule has 1 aliphatic carbocycles. The highest BCUT2D eigenvalue weighted by Gasteiger charge is 2.21. The van der Waals surface area contributed by atoms with Gasteiger partial charge in [0.15, 0.2) is 0 Å². The Morgan fingerprint density at radius 1 is 1.25 bits per heavy atom. The molecule has 7 nitrogen and oxygen atoms in total. The minimum absolute atomic E-state index is 0.0176. The van der Waals surface area contributed by atoms with E-state index in [0.29, 0.717) is 5.16 Å². The second-order valence-electron chi connectivity index (χ2n) is 6.57. The van der Waals surface area contributed by atoms with Crippen LogP contribution in [0.2, 0.25) is 0 Å². The van der Waals surface area contributed by atoms with E-state index < -0.39 is 0 Å². The van der Waals surface area contributed by atoms with Crippen LogP contribution in [0.3, 0.4) is 0 Å². The molecule has 1 heterocycles. The number of hydrogen-bond acceptors (Lipinski definition) is 6. The van der Waals surface area contributed by atoms with Crippen molar-refractivity contribution >= 4 is 17.7 Å². The van der Waals surface area contributed by atoms with Crippen LogP contribution in [-0.4, -0.2) is 39.0 Å². The Balaban J connectivity index is 1.39. The van der Waals surface area contributed by atoms with Crippen molar-refractivity contribution < 1.29 is 9.53 Å². The van der Waals surface area contributed by atoms with Gasteiger partial charge in [0.25, 0.3) is 0 Å². The molecule has 8 heteroatoms. The topological polar surface area (TPSA) is 81.9 Å². The number of nitrogens with one attached hydrogen (secondary N) is 1. The average molecular weight is 395 g/mol. The molecule has 0 radical (unpaired) electrons. The minimum Gasteiger partial charge on any atom is -0.497 e. The number of hydrogen-bond donors (Lipinski definition) is 1. The first kappa shape index (κ1) is 18.5. The predicted octanol–water partition coefficient (Wildman–Crippen LogP) is 2.96. The lowest BCUT2D eigenvalue weighted by Crippen LogP contribution is -2.32. The summed E-state index contributed by atoms with van der Waals surface area (Å²) >= 11 is 1.32. The second-order valence-corrected chi connectivity index (χ2v) is 7.51. The molecule has 3 aromatic rings. The summed E-state index contributed by atoms with van der Waals surface area (Å²) in [6, 6.07) is 15.9. The van der Waals surface area contributed by atoms with Gasteiger partial charge < -0.3 is 10.1 Å². The van der Waals surface area contributed by atoms with E-state index in [4.69, 9.17) is 4.74 Å². The summed E-state index contributed by atoms with van der Waals surface area (Å²) < 4.78 is 6.79. The lowest BCUT2D eigenvalue weighted by molar-refractivity contribution is -0.119. The third-order valence-corrected chi connectivity index (χ3v) is 5.71. The molecule has 0 saturated heterocycles. The molecule has 1 aromatic heterocycles. The van der Waals surface area contributed by atoms with Crippen molar-refractivity contribution in [2.24, 2.45) is 0 Å². The molecule has 1 atom stereocenters. The number of tetrazole rings is 1. The van der Waals surface area contributed by atoms with Crippen LogP contribution in [0.5, 0.6) is 5.75 Å². The summed E-state index contributed by atoms with van der Waals surface area (Å²) in [6.07, 6.45) is 3.13. The van der Waals surface area contributed by atoms with Crippen LogP contribution >= 0.6 is 11.8 Å². The van der Waals surface area contributed by atoms with Gasteiger partial charge in [-0.3, -0.25) is 4.79 Å². The third kappa shape index (κ3) is 4.01.